The van der Waals surface area contributed by atoms with E-state index in [0.717, 1.165) is 31.4 Å². The summed E-state index contributed by atoms with van der Waals surface area (Å²) in [7, 11) is 0. The Morgan fingerprint density at radius 1 is 1.47 bits per heavy atom. The molecule has 0 aliphatic heterocycles. The number of halogens is 1. The Hall–Kier alpha value is -0.760. The second kappa shape index (κ2) is 4.40. The van der Waals surface area contributed by atoms with Crippen molar-refractivity contribution in [3.63, 3.8) is 0 Å². The molecule has 15 heavy (non-hydrogen) atoms. The Labute approximate surface area is 94.9 Å². The summed E-state index contributed by atoms with van der Waals surface area (Å²) in [5.74, 6) is 0.329. The molecule has 0 saturated carbocycles. The van der Waals surface area contributed by atoms with Gasteiger partial charge in [0.2, 0.25) is 0 Å². The van der Waals surface area contributed by atoms with Crippen LogP contribution in [0.1, 0.15) is 36.6 Å². The first-order valence-electron chi connectivity index (χ1n) is 5.58. The highest BCUT2D eigenvalue weighted by Crippen LogP contribution is 2.21. The van der Waals surface area contributed by atoms with E-state index in [4.69, 9.17) is 11.6 Å². The SMILES string of the molecule is CCCn1c2c(cc(CCl)c1=O)CCC2. The van der Waals surface area contributed by atoms with Crippen LogP contribution >= 0.6 is 11.6 Å². The topological polar surface area (TPSA) is 22.0 Å². The Morgan fingerprint density at radius 2 is 2.27 bits per heavy atom. The van der Waals surface area contributed by atoms with Gasteiger partial charge in [-0.3, -0.25) is 4.79 Å². The van der Waals surface area contributed by atoms with Gasteiger partial charge in [-0.25, -0.2) is 0 Å². The van der Waals surface area contributed by atoms with E-state index < -0.39 is 0 Å². The van der Waals surface area contributed by atoms with Gasteiger partial charge < -0.3 is 4.57 Å². The smallest absolute Gasteiger partial charge is 0.255 e. The Bertz CT molecular complexity index is 422. The standard InChI is InChI=1S/C12H16ClNO/c1-2-6-14-11-5-3-4-9(11)7-10(8-13)12(14)15/h7H,2-6,8H2,1H3. The van der Waals surface area contributed by atoms with Crippen molar-refractivity contribution in [1.82, 2.24) is 4.57 Å². The Balaban J connectivity index is 2.58. The molecule has 0 aromatic carbocycles. The molecule has 2 rings (SSSR count). The molecule has 0 spiro atoms. The van der Waals surface area contributed by atoms with Crippen molar-refractivity contribution in [3.8, 4) is 0 Å². The largest absolute Gasteiger partial charge is 0.312 e. The van der Waals surface area contributed by atoms with Gasteiger partial charge in [-0.1, -0.05) is 6.92 Å². The van der Waals surface area contributed by atoms with E-state index in [2.05, 4.69) is 6.92 Å². The van der Waals surface area contributed by atoms with E-state index in [-0.39, 0.29) is 5.56 Å². The molecule has 0 saturated heterocycles. The number of hydrogen-bond acceptors (Lipinski definition) is 1. The molecule has 1 aromatic heterocycles. The fourth-order valence-corrected chi connectivity index (χ4v) is 2.53. The second-order valence-corrected chi connectivity index (χ2v) is 4.35. The van der Waals surface area contributed by atoms with Gasteiger partial charge in [0.25, 0.3) is 5.56 Å². The van der Waals surface area contributed by atoms with Crippen molar-refractivity contribution in [2.75, 3.05) is 0 Å². The third-order valence-corrected chi connectivity index (χ3v) is 3.30. The van der Waals surface area contributed by atoms with Gasteiger partial charge in [0.1, 0.15) is 0 Å². The first-order chi connectivity index (χ1) is 7.27. The fourth-order valence-electron chi connectivity index (χ4n) is 2.34. The van der Waals surface area contributed by atoms with Crippen molar-refractivity contribution in [2.45, 2.75) is 45.0 Å². The lowest BCUT2D eigenvalue weighted by molar-refractivity contribution is 0.619. The van der Waals surface area contributed by atoms with Crippen molar-refractivity contribution >= 4 is 11.6 Å². The summed E-state index contributed by atoms with van der Waals surface area (Å²) < 4.78 is 1.93. The molecule has 0 amide bonds. The third-order valence-electron chi connectivity index (χ3n) is 3.02. The summed E-state index contributed by atoms with van der Waals surface area (Å²) in [6.45, 7) is 2.92. The summed E-state index contributed by atoms with van der Waals surface area (Å²) >= 11 is 5.79. The van der Waals surface area contributed by atoms with Gasteiger partial charge in [-0.2, -0.15) is 0 Å². The van der Waals surface area contributed by atoms with E-state index in [1.807, 2.05) is 10.6 Å². The van der Waals surface area contributed by atoms with Crippen LogP contribution in [0.15, 0.2) is 10.9 Å². The van der Waals surface area contributed by atoms with Crippen LogP contribution in [-0.4, -0.2) is 4.57 Å². The maximum absolute atomic E-state index is 12.0. The summed E-state index contributed by atoms with van der Waals surface area (Å²) in [5, 5.41) is 0. The van der Waals surface area contributed by atoms with Crippen LogP contribution in [0.25, 0.3) is 0 Å². The predicted octanol–water partition coefficient (Wildman–Crippen LogP) is 2.49. The number of nitrogens with zero attached hydrogens (tertiary/aromatic N) is 1. The van der Waals surface area contributed by atoms with E-state index in [9.17, 15) is 4.79 Å². The quantitative estimate of drug-likeness (QED) is 0.725. The Kier molecular flexibility index (Phi) is 3.15. The van der Waals surface area contributed by atoms with Gasteiger partial charge in [0.15, 0.2) is 0 Å². The lowest BCUT2D eigenvalue weighted by Gasteiger charge is -2.12. The van der Waals surface area contributed by atoms with E-state index in [1.54, 1.807) is 0 Å². The molecule has 1 aromatic rings. The predicted molar refractivity (Wildman–Crippen MR) is 62.6 cm³/mol. The number of rotatable bonds is 3. The highest BCUT2D eigenvalue weighted by atomic mass is 35.5. The molecule has 3 heteroatoms. The molecule has 1 heterocycles. The number of aryl methyl sites for hydroxylation is 1. The lowest BCUT2D eigenvalue weighted by Crippen LogP contribution is -2.26. The average molecular weight is 226 g/mol. The van der Waals surface area contributed by atoms with Crippen LogP contribution in [0.5, 0.6) is 0 Å². The van der Waals surface area contributed by atoms with Gasteiger partial charge in [0.05, 0.1) is 5.88 Å². The van der Waals surface area contributed by atoms with Gasteiger partial charge in [-0.05, 0) is 37.3 Å². The highest BCUT2D eigenvalue weighted by molar-refractivity contribution is 6.17. The summed E-state index contributed by atoms with van der Waals surface area (Å²) in [6, 6.07) is 2.00. The second-order valence-electron chi connectivity index (χ2n) is 4.09. The average Bonchev–Trinajstić information content (AvgIpc) is 2.69. The molecule has 0 N–H and O–H groups in total. The van der Waals surface area contributed by atoms with E-state index in [1.165, 1.54) is 17.7 Å². The van der Waals surface area contributed by atoms with Gasteiger partial charge in [-0.15, -0.1) is 11.6 Å². The highest BCUT2D eigenvalue weighted by Gasteiger charge is 2.17. The zero-order chi connectivity index (χ0) is 10.8. The zero-order valence-corrected chi connectivity index (χ0v) is 9.81. The van der Waals surface area contributed by atoms with Crippen LogP contribution in [0.3, 0.4) is 0 Å². The molecule has 0 radical (unpaired) electrons. The maximum Gasteiger partial charge on any atom is 0.255 e. The minimum absolute atomic E-state index is 0.118. The van der Waals surface area contributed by atoms with Crippen molar-refractivity contribution < 1.29 is 0 Å². The number of fused-ring (bicyclic) bond motifs is 1. The molecule has 0 bridgehead atoms. The molecular weight excluding hydrogens is 210 g/mol. The van der Waals surface area contributed by atoms with Crippen LogP contribution in [0.4, 0.5) is 0 Å². The van der Waals surface area contributed by atoms with Gasteiger partial charge in [0, 0.05) is 17.8 Å². The molecule has 2 nitrogen and oxygen atoms in total. The first kappa shape index (κ1) is 10.7. The van der Waals surface area contributed by atoms with Crippen molar-refractivity contribution in [3.05, 3.63) is 33.2 Å². The van der Waals surface area contributed by atoms with Crippen molar-refractivity contribution in [1.29, 1.82) is 0 Å². The minimum atomic E-state index is 0.118. The number of alkyl halides is 1. The van der Waals surface area contributed by atoms with Crippen molar-refractivity contribution in [2.24, 2.45) is 0 Å². The summed E-state index contributed by atoms with van der Waals surface area (Å²) in [4.78, 5) is 12.0. The molecule has 1 aliphatic rings. The Morgan fingerprint density at radius 3 is 2.93 bits per heavy atom. The monoisotopic (exact) mass is 225 g/mol. The number of hydrogen-bond donors (Lipinski definition) is 0. The zero-order valence-electron chi connectivity index (χ0n) is 9.05. The number of aromatic nitrogens is 1. The molecular formula is C12H16ClNO. The van der Waals surface area contributed by atoms with Crippen LogP contribution in [0.2, 0.25) is 0 Å². The number of pyridine rings is 1. The van der Waals surface area contributed by atoms with E-state index >= 15 is 0 Å². The van der Waals surface area contributed by atoms with Crippen LogP contribution in [-0.2, 0) is 25.3 Å². The molecule has 0 atom stereocenters. The fraction of sp³-hybridized carbons (Fsp3) is 0.583. The lowest BCUT2D eigenvalue weighted by atomic mass is 10.1. The maximum atomic E-state index is 12.0. The minimum Gasteiger partial charge on any atom is -0.312 e. The van der Waals surface area contributed by atoms with E-state index in [0.29, 0.717) is 5.88 Å². The molecule has 82 valence electrons. The van der Waals surface area contributed by atoms with Gasteiger partial charge >= 0.3 is 0 Å². The van der Waals surface area contributed by atoms with Crippen LogP contribution < -0.4 is 5.56 Å². The first-order valence-corrected chi connectivity index (χ1v) is 6.11. The molecule has 1 aliphatic carbocycles. The van der Waals surface area contributed by atoms with Crippen LogP contribution in [0, 0.1) is 0 Å². The normalized spacial score (nSPS) is 14.3. The third kappa shape index (κ3) is 1.83. The molecule has 0 fully saturated rings. The summed E-state index contributed by atoms with van der Waals surface area (Å²) in [5.41, 5.74) is 3.45. The molecule has 0 unspecified atom stereocenters. The summed E-state index contributed by atoms with van der Waals surface area (Å²) in [6.07, 6.45) is 4.32.